The van der Waals surface area contributed by atoms with E-state index in [1.165, 1.54) is 27.9 Å². The molecule has 0 unspecified atom stereocenters. The maximum atomic E-state index is 4.24. The van der Waals surface area contributed by atoms with Gasteiger partial charge in [0.25, 0.3) is 0 Å². The van der Waals surface area contributed by atoms with Gasteiger partial charge in [0.05, 0.1) is 5.69 Å². The monoisotopic (exact) mass is 220 g/mol. The molecular weight excluding hydrogens is 208 g/mol. The van der Waals surface area contributed by atoms with Gasteiger partial charge in [-0.3, -0.25) is 4.98 Å². The molecule has 3 heterocycles. The molecule has 2 nitrogen and oxygen atoms in total. The van der Waals surface area contributed by atoms with Crippen LogP contribution in [0.2, 0.25) is 0 Å². The third kappa shape index (κ3) is 1.18. The Bertz CT molecular complexity index is 629. The van der Waals surface area contributed by atoms with Crippen LogP contribution in [0, 0.1) is 0 Å². The highest BCUT2D eigenvalue weighted by Gasteiger charge is 2.24. The molecule has 2 aliphatic heterocycles. The first kappa shape index (κ1) is 8.99. The van der Waals surface area contributed by atoms with E-state index in [1.54, 1.807) is 0 Å². The van der Waals surface area contributed by atoms with E-state index < -0.39 is 0 Å². The number of fused-ring (bicyclic) bond motifs is 2. The molecule has 1 aromatic carbocycles. The summed E-state index contributed by atoms with van der Waals surface area (Å²) in [7, 11) is 0. The summed E-state index contributed by atoms with van der Waals surface area (Å²) in [6.07, 6.45) is 8.32. The molecule has 2 heteroatoms. The summed E-state index contributed by atoms with van der Waals surface area (Å²) >= 11 is 0. The van der Waals surface area contributed by atoms with Crippen molar-refractivity contribution >= 4 is 11.8 Å². The molecule has 0 amide bonds. The van der Waals surface area contributed by atoms with Crippen molar-refractivity contribution in [1.29, 1.82) is 0 Å². The average Bonchev–Trinajstić information content (AvgIpc) is 2.39. The van der Waals surface area contributed by atoms with Crippen LogP contribution in [-0.2, 0) is 6.54 Å². The van der Waals surface area contributed by atoms with Crippen molar-refractivity contribution in [1.82, 2.24) is 4.98 Å². The quantitative estimate of drug-likeness (QED) is 0.678. The van der Waals surface area contributed by atoms with E-state index in [9.17, 15) is 0 Å². The van der Waals surface area contributed by atoms with Crippen molar-refractivity contribution in [2.75, 3.05) is 11.4 Å². The molecule has 0 bridgehead atoms. The van der Waals surface area contributed by atoms with Gasteiger partial charge >= 0.3 is 0 Å². The van der Waals surface area contributed by atoms with Crippen LogP contribution in [0.3, 0.4) is 0 Å². The van der Waals surface area contributed by atoms with Gasteiger partial charge in [0.2, 0.25) is 0 Å². The maximum absolute atomic E-state index is 4.24. The highest BCUT2D eigenvalue weighted by molar-refractivity contribution is 5.90. The van der Waals surface area contributed by atoms with Gasteiger partial charge in [-0.05, 0) is 22.8 Å². The van der Waals surface area contributed by atoms with Crippen LogP contribution in [0.5, 0.6) is 0 Å². The Kier molecular flexibility index (Phi) is 1.69. The molecule has 0 aliphatic carbocycles. The fourth-order valence-corrected chi connectivity index (χ4v) is 2.83. The van der Waals surface area contributed by atoms with Crippen molar-refractivity contribution in [2.45, 2.75) is 6.54 Å². The average molecular weight is 220 g/mol. The van der Waals surface area contributed by atoms with E-state index in [0.717, 1.165) is 13.1 Å². The number of hydrogen-bond donors (Lipinski definition) is 0. The molecule has 4 rings (SSSR count). The number of nitrogens with zero attached hydrogens (tertiary/aromatic N) is 2. The summed E-state index contributed by atoms with van der Waals surface area (Å²) in [6.45, 7) is 1.97. The Morgan fingerprint density at radius 1 is 1.12 bits per heavy atom. The van der Waals surface area contributed by atoms with Gasteiger partial charge < -0.3 is 4.90 Å². The van der Waals surface area contributed by atoms with Gasteiger partial charge in [-0.1, -0.05) is 30.4 Å². The van der Waals surface area contributed by atoms with E-state index in [-0.39, 0.29) is 0 Å². The van der Waals surface area contributed by atoms with Crippen LogP contribution < -0.4 is 4.90 Å². The minimum Gasteiger partial charge on any atom is -0.362 e. The van der Waals surface area contributed by atoms with E-state index >= 15 is 0 Å². The first-order valence-corrected chi connectivity index (χ1v) is 5.91. The third-order valence-corrected chi connectivity index (χ3v) is 3.56. The van der Waals surface area contributed by atoms with E-state index in [2.05, 4.69) is 46.3 Å². The predicted octanol–water partition coefficient (Wildman–Crippen LogP) is 3.10. The Morgan fingerprint density at radius 3 is 3.12 bits per heavy atom. The summed E-state index contributed by atoms with van der Waals surface area (Å²) in [5.74, 6) is 0. The van der Waals surface area contributed by atoms with Gasteiger partial charge in [-0.25, -0.2) is 0 Å². The summed E-state index contributed by atoms with van der Waals surface area (Å²) in [5.41, 5.74) is 6.72. The van der Waals surface area contributed by atoms with Gasteiger partial charge in [0.15, 0.2) is 0 Å². The van der Waals surface area contributed by atoms with E-state index in [1.807, 2.05) is 12.4 Å². The lowest BCUT2D eigenvalue weighted by Gasteiger charge is -2.35. The van der Waals surface area contributed by atoms with Crippen molar-refractivity contribution in [3.8, 4) is 11.1 Å². The van der Waals surface area contributed by atoms with Crippen molar-refractivity contribution in [2.24, 2.45) is 0 Å². The summed E-state index contributed by atoms with van der Waals surface area (Å²) in [5, 5.41) is 0. The van der Waals surface area contributed by atoms with Gasteiger partial charge in [0, 0.05) is 31.0 Å². The first-order valence-electron chi connectivity index (χ1n) is 5.91. The van der Waals surface area contributed by atoms with E-state index in [4.69, 9.17) is 0 Å². The van der Waals surface area contributed by atoms with Crippen LogP contribution >= 0.6 is 0 Å². The second kappa shape index (κ2) is 3.20. The minimum absolute atomic E-state index is 0.970. The fourth-order valence-electron chi connectivity index (χ4n) is 2.83. The number of aromatic nitrogens is 1. The second-order valence-corrected chi connectivity index (χ2v) is 4.56. The van der Waals surface area contributed by atoms with Crippen LogP contribution in [-0.4, -0.2) is 11.5 Å². The Morgan fingerprint density at radius 2 is 2.12 bits per heavy atom. The summed E-state index contributed by atoms with van der Waals surface area (Å²) < 4.78 is 0. The Hall–Kier alpha value is -2.09. The minimum atomic E-state index is 0.970. The second-order valence-electron chi connectivity index (χ2n) is 4.56. The lowest BCUT2D eigenvalue weighted by atomic mass is 9.91. The standard InChI is InChI=1S/C15H12N2/c1-3-11-4-2-8-17-10-12-9-16-7-6-13(12)14(5-1)15(11)17/h1-7,9H,8,10H2. The van der Waals surface area contributed by atoms with Gasteiger partial charge in [-0.2, -0.15) is 0 Å². The fraction of sp³-hybridized carbons (Fsp3) is 0.133. The maximum Gasteiger partial charge on any atom is 0.0525 e. The molecular formula is C15H12N2. The number of benzene rings is 1. The number of rotatable bonds is 0. The number of pyridine rings is 1. The van der Waals surface area contributed by atoms with Crippen molar-refractivity contribution < 1.29 is 0 Å². The molecule has 82 valence electrons. The molecule has 0 N–H and O–H groups in total. The number of hydrogen-bond acceptors (Lipinski definition) is 2. The highest BCUT2D eigenvalue weighted by atomic mass is 15.1. The molecule has 0 saturated heterocycles. The molecule has 2 aromatic rings. The Balaban J connectivity index is 2.07. The lowest BCUT2D eigenvalue weighted by Crippen LogP contribution is -2.29. The molecule has 0 spiro atoms. The summed E-state index contributed by atoms with van der Waals surface area (Å²) in [4.78, 5) is 6.66. The van der Waals surface area contributed by atoms with Crippen molar-refractivity contribution in [3.63, 3.8) is 0 Å². The molecule has 0 saturated carbocycles. The molecule has 0 radical (unpaired) electrons. The van der Waals surface area contributed by atoms with Crippen LogP contribution in [0.1, 0.15) is 11.1 Å². The number of anilines is 1. The van der Waals surface area contributed by atoms with Crippen LogP contribution in [0.4, 0.5) is 5.69 Å². The van der Waals surface area contributed by atoms with Crippen LogP contribution in [0.15, 0.2) is 42.7 Å². The smallest absolute Gasteiger partial charge is 0.0525 e. The predicted molar refractivity (Wildman–Crippen MR) is 69.8 cm³/mol. The molecule has 2 aliphatic rings. The molecule has 0 atom stereocenters. The first-order chi connectivity index (χ1) is 8.43. The third-order valence-electron chi connectivity index (χ3n) is 3.56. The van der Waals surface area contributed by atoms with E-state index in [0.29, 0.717) is 0 Å². The normalized spacial score (nSPS) is 15.4. The zero-order valence-corrected chi connectivity index (χ0v) is 9.43. The molecule has 1 aromatic heterocycles. The van der Waals surface area contributed by atoms with Gasteiger partial charge in [-0.15, -0.1) is 0 Å². The molecule has 17 heavy (non-hydrogen) atoms. The summed E-state index contributed by atoms with van der Waals surface area (Å²) in [6, 6.07) is 8.66. The Labute approximate surface area is 100 Å². The highest BCUT2D eigenvalue weighted by Crippen LogP contribution is 2.42. The largest absolute Gasteiger partial charge is 0.362 e. The van der Waals surface area contributed by atoms with Crippen LogP contribution in [0.25, 0.3) is 17.2 Å². The van der Waals surface area contributed by atoms with Crippen molar-refractivity contribution in [3.05, 3.63) is 53.9 Å². The topological polar surface area (TPSA) is 16.1 Å². The zero-order chi connectivity index (χ0) is 11.2. The lowest BCUT2D eigenvalue weighted by molar-refractivity contribution is 0.846. The SMILES string of the molecule is C1=Cc2cccc3c2N(C1)Cc1cnccc1-3. The zero-order valence-electron chi connectivity index (χ0n) is 9.43. The van der Waals surface area contributed by atoms with Gasteiger partial charge in [0.1, 0.15) is 0 Å². The number of para-hydroxylation sites is 1. The molecule has 0 fully saturated rings.